The molecule has 2 unspecified atom stereocenters. The smallest absolute Gasteiger partial charge is 0.0714 e. The average Bonchev–Trinajstić information content (AvgIpc) is 3.62. The molecular formula is C56H70Br2. The first-order valence-electron chi connectivity index (χ1n) is 23.0. The lowest BCUT2D eigenvalue weighted by atomic mass is 9.65. The topological polar surface area (TPSA) is 0 Å². The van der Waals surface area contributed by atoms with Crippen molar-refractivity contribution in [1.82, 2.24) is 0 Å². The molecule has 3 aliphatic rings. The highest BCUT2D eigenvalue weighted by molar-refractivity contribution is 9.12. The number of benzene rings is 4. The Balaban J connectivity index is 1.46. The largest absolute Gasteiger partial charge is 0.0753 e. The number of hydrogen-bond acceptors (Lipinski definition) is 0. The number of allylic oxidation sites excluding steroid dienone is 4. The maximum atomic E-state index is 4.01. The van der Waals surface area contributed by atoms with Gasteiger partial charge in [-0.05, 0) is 103 Å². The quantitative estimate of drug-likeness (QED) is 0.0866. The Kier molecular flexibility index (Phi) is 13.3. The molecule has 0 amide bonds. The molecule has 2 atom stereocenters. The lowest BCUT2D eigenvalue weighted by molar-refractivity contribution is 0.263. The Labute approximate surface area is 370 Å². The van der Waals surface area contributed by atoms with E-state index in [1.54, 1.807) is 11.1 Å². The van der Waals surface area contributed by atoms with Gasteiger partial charge in [0.15, 0.2) is 0 Å². The Morgan fingerprint density at radius 3 is 1.55 bits per heavy atom. The molecule has 0 nitrogen and oxygen atoms in total. The molecule has 0 N–H and O–H groups in total. The van der Waals surface area contributed by atoms with Crippen molar-refractivity contribution in [2.45, 2.75) is 173 Å². The van der Waals surface area contributed by atoms with Crippen LogP contribution in [0.5, 0.6) is 0 Å². The first-order valence-corrected chi connectivity index (χ1v) is 24.6. The predicted molar refractivity (Wildman–Crippen MR) is 259 cm³/mol. The summed E-state index contributed by atoms with van der Waals surface area (Å²) in [6.07, 6.45) is 26.1. The molecule has 0 heterocycles. The van der Waals surface area contributed by atoms with E-state index in [1.807, 2.05) is 0 Å². The molecule has 0 fully saturated rings. The standard InChI is InChI=1S/C56H70Br2/c1-9-11-13-15-17-19-33-55(34-20-18-16-14-12-10-2)49-35-43(57)29-31-45(49)47-38-52-48(37-50(47)55)46-32-30-44(58)36-51(46)56(52,41-25-21-39(22-26-41)53(3,4)5)42-27-23-40(24-28-42)54(6,7)8/h21-32,35-38,45,49H,9-20,33-34H2,1-8H3. The first kappa shape index (κ1) is 43.4. The number of unbranched alkanes of at least 4 members (excludes halogenated alkanes) is 10. The van der Waals surface area contributed by atoms with E-state index in [0.717, 1.165) is 4.47 Å². The summed E-state index contributed by atoms with van der Waals surface area (Å²) >= 11 is 8.00. The molecule has 4 aromatic carbocycles. The minimum Gasteiger partial charge on any atom is -0.0753 e. The SMILES string of the molecule is CCCCCCCCC1(CCCCCCCC)c2cc3c(cc2C2C=CC(Br)=CC21)C(c1ccc(C(C)(C)C)cc1)(c1ccc(C(C)(C)C)cc1)c1cc(Br)ccc1-3. The average molecular weight is 903 g/mol. The van der Waals surface area contributed by atoms with Gasteiger partial charge in [-0.2, -0.15) is 0 Å². The summed E-state index contributed by atoms with van der Waals surface area (Å²) in [6, 6.07) is 32.0. The lowest BCUT2D eigenvalue weighted by Crippen LogP contribution is -2.33. The fourth-order valence-corrected chi connectivity index (χ4v) is 11.9. The van der Waals surface area contributed by atoms with Gasteiger partial charge in [-0.1, -0.05) is 243 Å². The molecule has 4 aromatic rings. The van der Waals surface area contributed by atoms with Crippen molar-refractivity contribution in [1.29, 1.82) is 0 Å². The van der Waals surface area contributed by atoms with E-state index in [4.69, 9.17) is 0 Å². The van der Waals surface area contributed by atoms with Crippen molar-refractivity contribution in [3.8, 4) is 11.1 Å². The van der Waals surface area contributed by atoms with Gasteiger partial charge in [0.1, 0.15) is 0 Å². The van der Waals surface area contributed by atoms with E-state index >= 15 is 0 Å². The summed E-state index contributed by atoms with van der Waals surface area (Å²) < 4.78 is 2.39. The fourth-order valence-electron chi connectivity index (χ4n) is 11.1. The maximum Gasteiger partial charge on any atom is 0.0714 e. The van der Waals surface area contributed by atoms with Crippen LogP contribution in [-0.4, -0.2) is 0 Å². The van der Waals surface area contributed by atoms with Gasteiger partial charge in [-0.15, -0.1) is 0 Å². The van der Waals surface area contributed by atoms with E-state index in [1.165, 1.54) is 139 Å². The Hall–Kier alpha value is -2.68. The van der Waals surface area contributed by atoms with Gasteiger partial charge >= 0.3 is 0 Å². The van der Waals surface area contributed by atoms with E-state index in [9.17, 15) is 0 Å². The first-order chi connectivity index (χ1) is 27.8. The number of rotatable bonds is 16. The fraction of sp³-hybridized carbons (Fsp3) is 0.500. The summed E-state index contributed by atoms with van der Waals surface area (Å²) in [4.78, 5) is 0. The summed E-state index contributed by atoms with van der Waals surface area (Å²) in [5.41, 5.74) is 14.1. The molecule has 0 aromatic heterocycles. The number of hydrogen-bond donors (Lipinski definition) is 0. The van der Waals surface area contributed by atoms with Crippen molar-refractivity contribution in [3.05, 3.63) is 151 Å². The lowest BCUT2D eigenvalue weighted by Gasteiger charge is -2.38. The van der Waals surface area contributed by atoms with Crippen LogP contribution in [0.4, 0.5) is 0 Å². The number of fused-ring (bicyclic) bond motifs is 6. The predicted octanol–water partition coefficient (Wildman–Crippen LogP) is 17.7. The second-order valence-electron chi connectivity index (χ2n) is 20.2. The van der Waals surface area contributed by atoms with Crippen LogP contribution in [0.15, 0.2) is 106 Å². The molecule has 0 saturated carbocycles. The molecule has 7 rings (SSSR count). The summed E-state index contributed by atoms with van der Waals surface area (Å²) in [5.74, 6) is 0.841. The monoisotopic (exact) mass is 900 g/mol. The van der Waals surface area contributed by atoms with Crippen LogP contribution in [0.25, 0.3) is 11.1 Å². The molecule has 3 aliphatic carbocycles. The molecule has 0 saturated heterocycles. The van der Waals surface area contributed by atoms with Gasteiger partial charge in [-0.25, -0.2) is 0 Å². The third kappa shape index (κ3) is 8.21. The van der Waals surface area contributed by atoms with Gasteiger partial charge in [0.2, 0.25) is 0 Å². The molecule has 0 bridgehead atoms. The van der Waals surface area contributed by atoms with Gasteiger partial charge in [0.25, 0.3) is 0 Å². The van der Waals surface area contributed by atoms with Gasteiger partial charge in [0.05, 0.1) is 5.41 Å². The van der Waals surface area contributed by atoms with Crippen LogP contribution < -0.4 is 0 Å². The highest BCUT2D eigenvalue weighted by Gasteiger charge is 2.53. The zero-order chi connectivity index (χ0) is 41.3. The minimum atomic E-state index is -0.454. The van der Waals surface area contributed by atoms with Crippen molar-refractivity contribution in [2.75, 3.05) is 0 Å². The van der Waals surface area contributed by atoms with Crippen LogP contribution in [0.1, 0.15) is 196 Å². The van der Waals surface area contributed by atoms with Crippen LogP contribution in [0.2, 0.25) is 0 Å². The third-order valence-corrected chi connectivity index (χ3v) is 15.3. The molecule has 0 spiro atoms. The number of halogens is 2. The van der Waals surface area contributed by atoms with Crippen molar-refractivity contribution in [3.63, 3.8) is 0 Å². The van der Waals surface area contributed by atoms with Crippen LogP contribution in [0, 0.1) is 5.92 Å². The Morgan fingerprint density at radius 2 is 1.03 bits per heavy atom. The second-order valence-corrected chi connectivity index (χ2v) is 22.1. The van der Waals surface area contributed by atoms with Gasteiger partial charge in [0, 0.05) is 20.3 Å². The van der Waals surface area contributed by atoms with E-state index in [0.29, 0.717) is 11.8 Å². The van der Waals surface area contributed by atoms with Crippen LogP contribution >= 0.6 is 31.9 Å². The molecular weight excluding hydrogens is 832 g/mol. The second kappa shape index (κ2) is 17.7. The summed E-state index contributed by atoms with van der Waals surface area (Å²) in [7, 11) is 0. The zero-order valence-electron chi connectivity index (χ0n) is 37.0. The summed E-state index contributed by atoms with van der Waals surface area (Å²) in [5, 5.41) is 0. The normalized spacial score (nSPS) is 18.8. The zero-order valence-corrected chi connectivity index (χ0v) is 40.2. The van der Waals surface area contributed by atoms with Crippen molar-refractivity contribution >= 4 is 31.9 Å². The third-order valence-electron chi connectivity index (χ3n) is 14.3. The van der Waals surface area contributed by atoms with E-state index in [-0.39, 0.29) is 16.2 Å². The maximum absolute atomic E-state index is 4.01. The van der Waals surface area contributed by atoms with Gasteiger partial charge < -0.3 is 0 Å². The summed E-state index contributed by atoms with van der Waals surface area (Å²) in [6.45, 7) is 18.6. The highest BCUT2D eigenvalue weighted by Crippen LogP contribution is 2.64. The van der Waals surface area contributed by atoms with Gasteiger partial charge in [-0.3, -0.25) is 0 Å². The van der Waals surface area contributed by atoms with E-state index in [2.05, 4.69) is 184 Å². The Bertz CT molecular complexity index is 2020. The molecule has 2 heteroatoms. The van der Waals surface area contributed by atoms with Crippen LogP contribution in [0.3, 0.4) is 0 Å². The molecule has 0 aliphatic heterocycles. The van der Waals surface area contributed by atoms with Crippen molar-refractivity contribution in [2.24, 2.45) is 5.92 Å². The van der Waals surface area contributed by atoms with Crippen LogP contribution in [-0.2, 0) is 21.7 Å². The Morgan fingerprint density at radius 1 is 0.534 bits per heavy atom. The van der Waals surface area contributed by atoms with E-state index < -0.39 is 5.41 Å². The minimum absolute atomic E-state index is 0.0782. The molecule has 308 valence electrons. The molecule has 58 heavy (non-hydrogen) atoms. The molecule has 0 radical (unpaired) electrons. The van der Waals surface area contributed by atoms with Crippen molar-refractivity contribution < 1.29 is 0 Å². The highest BCUT2D eigenvalue weighted by atomic mass is 79.9.